The number of hydrogen-bond acceptors (Lipinski definition) is 4. The van der Waals surface area contributed by atoms with Gasteiger partial charge in [0.1, 0.15) is 0 Å². The van der Waals surface area contributed by atoms with E-state index in [2.05, 4.69) is 40.0 Å². The fraction of sp³-hybridized carbons (Fsp3) is 0.333. The predicted octanol–water partition coefficient (Wildman–Crippen LogP) is 4.31. The summed E-state index contributed by atoms with van der Waals surface area (Å²) < 4.78 is 3.85. The van der Waals surface area contributed by atoms with E-state index in [4.69, 9.17) is 5.41 Å². The molecule has 2 aliphatic rings. The summed E-state index contributed by atoms with van der Waals surface area (Å²) in [6.07, 6.45) is 12.2. The number of pyridine rings is 1. The van der Waals surface area contributed by atoms with E-state index in [1.54, 1.807) is 10.6 Å². The first-order valence-corrected chi connectivity index (χ1v) is 11.8. The number of anilines is 1. The monoisotopic (exact) mass is 441 g/mol. The number of nitrogens with one attached hydrogen (secondary N) is 2. The molecule has 33 heavy (non-hydrogen) atoms. The van der Waals surface area contributed by atoms with Crippen LogP contribution in [0.15, 0.2) is 53.5 Å². The van der Waals surface area contributed by atoms with Crippen LogP contribution in [0.5, 0.6) is 0 Å². The maximum Gasteiger partial charge on any atom is 0.255 e. The molecule has 0 unspecified atom stereocenters. The van der Waals surface area contributed by atoms with Crippen LogP contribution in [0.2, 0.25) is 0 Å². The van der Waals surface area contributed by atoms with E-state index in [1.807, 2.05) is 30.5 Å². The summed E-state index contributed by atoms with van der Waals surface area (Å²) >= 11 is 0. The van der Waals surface area contributed by atoms with Gasteiger partial charge in [-0.25, -0.2) is 0 Å². The van der Waals surface area contributed by atoms with Gasteiger partial charge >= 0.3 is 0 Å². The van der Waals surface area contributed by atoms with Crippen molar-refractivity contribution in [3.05, 3.63) is 75.8 Å². The van der Waals surface area contributed by atoms with E-state index in [9.17, 15) is 4.79 Å². The van der Waals surface area contributed by atoms with Crippen LogP contribution in [0.1, 0.15) is 36.1 Å². The lowest BCUT2D eigenvalue weighted by atomic mass is 10.1. The molecule has 170 valence electrons. The van der Waals surface area contributed by atoms with Gasteiger partial charge in [-0.1, -0.05) is 12.2 Å². The van der Waals surface area contributed by atoms with Crippen LogP contribution in [0.4, 0.5) is 5.69 Å². The lowest BCUT2D eigenvalue weighted by Gasteiger charge is -2.17. The van der Waals surface area contributed by atoms with Crippen molar-refractivity contribution in [3.8, 4) is 16.9 Å². The van der Waals surface area contributed by atoms with Crippen molar-refractivity contribution in [2.24, 2.45) is 7.05 Å². The molecule has 3 aromatic rings. The fourth-order valence-corrected chi connectivity index (χ4v) is 5.02. The van der Waals surface area contributed by atoms with Crippen molar-refractivity contribution in [2.75, 3.05) is 31.5 Å². The summed E-state index contributed by atoms with van der Waals surface area (Å²) in [5.74, 6) is 0. The number of aromatic nitrogens is 2. The smallest absolute Gasteiger partial charge is 0.255 e. The summed E-state index contributed by atoms with van der Waals surface area (Å²) in [5.41, 5.74) is 6.96. The van der Waals surface area contributed by atoms with Crippen LogP contribution >= 0.6 is 0 Å². The summed E-state index contributed by atoms with van der Waals surface area (Å²) in [6.45, 7) is 4.22. The quantitative estimate of drug-likeness (QED) is 0.537. The van der Waals surface area contributed by atoms with Crippen LogP contribution in [0.25, 0.3) is 23.0 Å². The second-order valence-corrected chi connectivity index (χ2v) is 8.95. The first kappa shape index (κ1) is 21.5. The molecule has 2 N–H and O–H groups in total. The van der Waals surface area contributed by atoms with E-state index >= 15 is 0 Å². The highest BCUT2D eigenvalue weighted by Gasteiger charge is 2.15. The standard InChI is InChI=1S/C27H31N5O/c1-30-25-7-3-2-6-20(25)17-26(30)21-10-14-32(27(33)18-21)23-8-9-24(22(16-23)19-28)29-11-15-31-12-4-5-13-31/h2,6,8-10,14,16-19,28-29H,3-5,7,11-13,15H2,1H3. The van der Waals surface area contributed by atoms with Gasteiger partial charge in [-0.3, -0.25) is 9.36 Å². The van der Waals surface area contributed by atoms with Gasteiger partial charge in [-0.05, 0) is 74.7 Å². The molecule has 2 aromatic heterocycles. The lowest BCUT2D eigenvalue weighted by Crippen LogP contribution is -2.26. The van der Waals surface area contributed by atoms with Crippen LogP contribution < -0.4 is 10.9 Å². The number of allylic oxidation sites excluding steroid dienone is 1. The van der Waals surface area contributed by atoms with Gasteiger partial charge < -0.3 is 20.2 Å². The van der Waals surface area contributed by atoms with Crippen LogP contribution in [-0.2, 0) is 13.5 Å². The molecule has 0 radical (unpaired) electrons. The van der Waals surface area contributed by atoms with E-state index in [1.165, 1.54) is 43.4 Å². The Morgan fingerprint density at radius 1 is 1.12 bits per heavy atom. The summed E-state index contributed by atoms with van der Waals surface area (Å²) in [7, 11) is 2.07. The van der Waals surface area contributed by atoms with Gasteiger partial charge in [0.25, 0.3) is 5.56 Å². The van der Waals surface area contributed by atoms with Gasteiger partial charge in [0.2, 0.25) is 0 Å². The molecule has 0 saturated carbocycles. The van der Waals surface area contributed by atoms with Gasteiger partial charge in [0.15, 0.2) is 0 Å². The van der Waals surface area contributed by atoms with Crippen molar-refractivity contribution in [2.45, 2.75) is 25.7 Å². The van der Waals surface area contributed by atoms with E-state index in [0.717, 1.165) is 54.1 Å². The summed E-state index contributed by atoms with van der Waals surface area (Å²) in [5, 5.41) is 11.3. The molecule has 1 fully saturated rings. The van der Waals surface area contributed by atoms with E-state index in [-0.39, 0.29) is 5.56 Å². The maximum atomic E-state index is 13.0. The molecular formula is C27H31N5O. The first-order chi connectivity index (χ1) is 16.1. The van der Waals surface area contributed by atoms with Gasteiger partial charge in [-0.2, -0.15) is 0 Å². The molecule has 6 heteroatoms. The normalized spacial score (nSPS) is 15.5. The highest BCUT2D eigenvalue weighted by Crippen LogP contribution is 2.29. The minimum absolute atomic E-state index is 0.0760. The average molecular weight is 442 g/mol. The van der Waals surface area contributed by atoms with Crippen molar-refractivity contribution < 1.29 is 0 Å². The largest absolute Gasteiger partial charge is 0.383 e. The Bertz CT molecular complexity index is 1260. The highest BCUT2D eigenvalue weighted by atomic mass is 16.1. The Labute approximate surface area is 194 Å². The van der Waals surface area contributed by atoms with Crippen LogP contribution in [0.3, 0.4) is 0 Å². The minimum Gasteiger partial charge on any atom is -0.383 e. The Morgan fingerprint density at radius 3 is 2.73 bits per heavy atom. The Morgan fingerprint density at radius 2 is 1.97 bits per heavy atom. The molecule has 0 amide bonds. The zero-order valence-electron chi connectivity index (χ0n) is 19.2. The molecule has 0 atom stereocenters. The number of likely N-dealkylation sites (tertiary alicyclic amines) is 1. The number of fused-ring (bicyclic) bond motifs is 1. The third-order valence-corrected chi connectivity index (χ3v) is 6.86. The zero-order valence-corrected chi connectivity index (χ0v) is 19.2. The molecule has 1 saturated heterocycles. The molecule has 3 heterocycles. The molecule has 0 spiro atoms. The number of nitrogens with zero attached hydrogens (tertiary/aromatic N) is 3. The molecular weight excluding hydrogens is 410 g/mol. The fourth-order valence-electron chi connectivity index (χ4n) is 5.02. The van der Waals surface area contributed by atoms with Crippen molar-refractivity contribution >= 4 is 18.0 Å². The molecule has 1 aliphatic heterocycles. The Balaban J connectivity index is 1.37. The molecule has 5 rings (SSSR count). The van der Waals surface area contributed by atoms with E-state index < -0.39 is 0 Å². The average Bonchev–Trinajstić information content (AvgIpc) is 3.47. The maximum absolute atomic E-state index is 13.0. The lowest BCUT2D eigenvalue weighted by molar-refractivity contribution is 0.352. The number of hydrogen-bond donors (Lipinski definition) is 2. The molecule has 6 nitrogen and oxygen atoms in total. The van der Waals surface area contributed by atoms with Gasteiger partial charge in [0.05, 0.1) is 0 Å². The zero-order chi connectivity index (χ0) is 22.8. The number of rotatable bonds is 7. The Hall–Kier alpha value is -3.38. The van der Waals surface area contributed by atoms with Gasteiger partial charge in [-0.15, -0.1) is 0 Å². The third-order valence-electron chi connectivity index (χ3n) is 6.86. The first-order valence-electron chi connectivity index (χ1n) is 11.8. The second kappa shape index (κ2) is 9.24. The second-order valence-electron chi connectivity index (χ2n) is 8.95. The van der Waals surface area contributed by atoms with Crippen molar-refractivity contribution in [1.29, 1.82) is 5.41 Å². The summed E-state index contributed by atoms with van der Waals surface area (Å²) in [4.78, 5) is 15.5. The van der Waals surface area contributed by atoms with E-state index in [0.29, 0.717) is 0 Å². The van der Waals surface area contributed by atoms with Gasteiger partial charge in [0, 0.05) is 72.5 Å². The SMILES string of the molecule is Cn1c(-c2ccn(-c3ccc(NCCN4CCCC4)c(C=N)c3)c(=O)c2)cc2c1CCC=C2. The van der Waals surface area contributed by atoms with Crippen LogP contribution in [-0.4, -0.2) is 46.4 Å². The third kappa shape index (κ3) is 4.31. The Kier molecular flexibility index (Phi) is 6.01. The molecule has 0 bridgehead atoms. The topological polar surface area (TPSA) is 66.1 Å². The number of benzene rings is 1. The van der Waals surface area contributed by atoms with Crippen LogP contribution in [0, 0.1) is 5.41 Å². The molecule has 1 aliphatic carbocycles. The van der Waals surface area contributed by atoms with Crippen molar-refractivity contribution in [1.82, 2.24) is 14.0 Å². The highest BCUT2D eigenvalue weighted by molar-refractivity contribution is 5.86. The summed E-state index contributed by atoms with van der Waals surface area (Å²) in [6, 6.07) is 11.7. The molecule has 1 aromatic carbocycles. The van der Waals surface area contributed by atoms with Crippen molar-refractivity contribution in [3.63, 3.8) is 0 Å². The predicted molar refractivity (Wildman–Crippen MR) is 136 cm³/mol. The minimum atomic E-state index is -0.0760.